The monoisotopic (exact) mass is 443 g/mol. The summed E-state index contributed by atoms with van der Waals surface area (Å²) in [5.74, 6) is 0.766. The van der Waals surface area contributed by atoms with E-state index in [2.05, 4.69) is 13.8 Å². The number of amides is 2. The molecule has 0 saturated carbocycles. The van der Waals surface area contributed by atoms with Crippen LogP contribution in [0.4, 0.5) is 4.79 Å². The van der Waals surface area contributed by atoms with E-state index >= 15 is 0 Å². The fraction of sp³-hybridized carbons (Fsp3) is 0.286. The molecule has 0 N–H and O–H groups in total. The first-order valence-corrected chi connectivity index (χ1v) is 11.3. The maximum absolute atomic E-state index is 13.3. The minimum atomic E-state index is -0.569. The van der Waals surface area contributed by atoms with Gasteiger partial charge in [0.25, 0.3) is 0 Å². The highest BCUT2D eigenvalue weighted by Gasteiger charge is 2.39. The first-order chi connectivity index (χ1) is 16.0. The summed E-state index contributed by atoms with van der Waals surface area (Å²) in [5, 5.41) is 0. The standard InChI is InChI=1S/C28H29NO4/c1-20(2)25(22-13-15-24(16-14-22)32-18-21-9-5-3-6-10-21)17-27(30)29-26(19-33-28(29)31)23-11-7-4-8-12-23/h3-16,20,25-26H,17-19H2,1-2H3/t25-,26+/m1/s1. The van der Waals surface area contributed by atoms with Gasteiger partial charge in [-0.25, -0.2) is 9.69 Å². The molecule has 1 heterocycles. The number of benzene rings is 3. The molecule has 0 aliphatic carbocycles. The lowest BCUT2D eigenvalue weighted by atomic mass is 9.85. The van der Waals surface area contributed by atoms with Gasteiger partial charge in [-0.3, -0.25) is 4.79 Å². The second kappa shape index (κ2) is 10.3. The van der Waals surface area contributed by atoms with Crippen molar-refractivity contribution in [2.75, 3.05) is 6.61 Å². The Bertz CT molecular complexity index is 1060. The molecule has 170 valence electrons. The van der Waals surface area contributed by atoms with Gasteiger partial charge in [0, 0.05) is 6.42 Å². The molecule has 0 aromatic heterocycles. The van der Waals surface area contributed by atoms with E-state index in [0.717, 1.165) is 22.4 Å². The number of hydrogen-bond acceptors (Lipinski definition) is 4. The molecule has 1 aliphatic heterocycles. The zero-order valence-corrected chi connectivity index (χ0v) is 19.0. The molecule has 3 aromatic rings. The van der Waals surface area contributed by atoms with Crippen LogP contribution in [0.15, 0.2) is 84.9 Å². The van der Waals surface area contributed by atoms with E-state index in [1.165, 1.54) is 4.90 Å². The maximum Gasteiger partial charge on any atom is 0.417 e. The Morgan fingerprint density at radius 1 is 0.970 bits per heavy atom. The molecule has 5 nitrogen and oxygen atoms in total. The van der Waals surface area contributed by atoms with Crippen molar-refractivity contribution in [1.82, 2.24) is 4.90 Å². The highest BCUT2D eigenvalue weighted by molar-refractivity contribution is 5.94. The minimum absolute atomic E-state index is 0.0227. The SMILES string of the molecule is CC(C)[C@@H](CC(=O)N1C(=O)OC[C@H]1c1ccccc1)c1ccc(OCc2ccccc2)cc1. The number of imide groups is 1. The molecule has 1 aliphatic rings. The molecule has 3 aromatic carbocycles. The first kappa shape index (κ1) is 22.6. The Hall–Kier alpha value is -3.60. The highest BCUT2D eigenvalue weighted by Crippen LogP contribution is 2.34. The quantitative estimate of drug-likeness (QED) is 0.421. The third kappa shape index (κ3) is 5.43. The third-order valence-electron chi connectivity index (χ3n) is 6.08. The van der Waals surface area contributed by atoms with Gasteiger partial charge in [-0.2, -0.15) is 0 Å². The van der Waals surface area contributed by atoms with Crippen molar-refractivity contribution in [1.29, 1.82) is 0 Å². The van der Waals surface area contributed by atoms with Crippen molar-refractivity contribution in [2.24, 2.45) is 5.92 Å². The van der Waals surface area contributed by atoms with Crippen LogP contribution in [0.2, 0.25) is 0 Å². The summed E-state index contributed by atoms with van der Waals surface area (Å²) < 4.78 is 11.1. The molecule has 33 heavy (non-hydrogen) atoms. The molecule has 1 saturated heterocycles. The number of carbonyl (C=O) groups is 2. The Balaban J connectivity index is 1.44. The zero-order chi connectivity index (χ0) is 23.2. The van der Waals surface area contributed by atoms with Gasteiger partial charge in [0.1, 0.15) is 25.0 Å². The third-order valence-corrected chi connectivity index (χ3v) is 6.08. The summed E-state index contributed by atoms with van der Waals surface area (Å²) in [7, 11) is 0. The summed E-state index contributed by atoms with van der Waals surface area (Å²) in [5.41, 5.74) is 3.06. The Morgan fingerprint density at radius 2 is 1.61 bits per heavy atom. The van der Waals surface area contributed by atoms with E-state index < -0.39 is 6.09 Å². The van der Waals surface area contributed by atoms with E-state index in [0.29, 0.717) is 6.61 Å². The van der Waals surface area contributed by atoms with Crippen molar-refractivity contribution in [3.8, 4) is 5.75 Å². The largest absolute Gasteiger partial charge is 0.489 e. The summed E-state index contributed by atoms with van der Waals surface area (Å²) in [6.45, 7) is 4.88. The maximum atomic E-state index is 13.3. The number of cyclic esters (lactones) is 1. The summed E-state index contributed by atoms with van der Waals surface area (Å²) in [4.78, 5) is 26.9. The van der Waals surface area contributed by atoms with Gasteiger partial charge >= 0.3 is 6.09 Å². The van der Waals surface area contributed by atoms with Crippen LogP contribution >= 0.6 is 0 Å². The Labute approximate surface area is 194 Å². The smallest absolute Gasteiger partial charge is 0.417 e. The lowest BCUT2D eigenvalue weighted by molar-refractivity contribution is -0.130. The predicted octanol–water partition coefficient (Wildman–Crippen LogP) is 6.12. The average Bonchev–Trinajstić information content (AvgIpc) is 3.24. The topological polar surface area (TPSA) is 55.8 Å². The highest BCUT2D eigenvalue weighted by atomic mass is 16.6. The lowest BCUT2D eigenvalue weighted by Crippen LogP contribution is -2.35. The molecule has 5 heteroatoms. The Morgan fingerprint density at radius 3 is 2.24 bits per heavy atom. The normalized spacial score (nSPS) is 16.5. The van der Waals surface area contributed by atoms with Crippen LogP contribution < -0.4 is 4.74 Å². The molecular weight excluding hydrogens is 414 g/mol. The molecule has 0 spiro atoms. The van der Waals surface area contributed by atoms with E-state index in [1.807, 2.05) is 84.9 Å². The number of nitrogens with zero attached hydrogens (tertiary/aromatic N) is 1. The molecular formula is C28H29NO4. The summed E-state index contributed by atoms with van der Waals surface area (Å²) in [6.07, 6.45) is -0.332. The van der Waals surface area contributed by atoms with E-state index in [9.17, 15) is 9.59 Å². The zero-order valence-electron chi connectivity index (χ0n) is 19.0. The first-order valence-electron chi connectivity index (χ1n) is 11.3. The van der Waals surface area contributed by atoms with Crippen molar-refractivity contribution >= 4 is 12.0 Å². The number of hydrogen-bond donors (Lipinski definition) is 0. The molecule has 4 rings (SSSR count). The second-order valence-corrected chi connectivity index (χ2v) is 8.67. The second-order valence-electron chi connectivity index (χ2n) is 8.67. The molecule has 0 radical (unpaired) electrons. The average molecular weight is 444 g/mol. The van der Waals surface area contributed by atoms with Gasteiger partial charge in [-0.1, -0.05) is 86.6 Å². The molecule has 1 fully saturated rings. The lowest BCUT2D eigenvalue weighted by Gasteiger charge is -2.25. The van der Waals surface area contributed by atoms with Gasteiger partial charge in [0.2, 0.25) is 5.91 Å². The van der Waals surface area contributed by atoms with Crippen LogP contribution in [0.1, 0.15) is 48.9 Å². The number of ether oxygens (including phenoxy) is 2. The van der Waals surface area contributed by atoms with Gasteiger partial charge < -0.3 is 9.47 Å². The fourth-order valence-corrected chi connectivity index (χ4v) is 4.19. The number of carbonyl (C=O) groups excluding carboxylic acids is 2. The van der Waals surface area contributed by atoms with Gasteiger partial charge in [-0.05, 0) is 40.7 Å². The summed E-state index contributed by atoms with van der Waals surface area (Å²) >= 11 is 0. The molecule has 0 bridgehead atoms. The van der Waals surface area contributed by atoms with Crippen molar-refractivity contribution in [3.63, 3.8) is 0 Å². The van der Waals surface area contributed by atoms with Gasteiger partial charge in [-0.15, -0.1) is 0 Å². The van der Waals surface area contributed by atoms with Gasteiger partial charge in [0.05, 0.1) is 0 Å². The van der Waals surface area contributed by atoms with Crippen LogP contribution in [0.25, 0.3) is 0 Å². The molecule has 0 unspecified atom stereocenters. The van der Waals surface area contributed by atoms with Crippen LogP contribution in [0.5, 0.6) is 5.75 Å². The number of rotatable bonds is 8. The van der Waals surface area contributed by atoms with E-state index in [-0.39, 0.29) is 36.8 Å². The summed E-state index contributed by atoms with van der Waals surface area (Å²) in [6, 6.07) is 27.1. The van der Waals surface area contributed by atoms with Crippen LogP contribution in [-0.4, -0.2) is 23.5 Å². The fourth-order valence-electron chi connectivity index (χ4n) is 4.19. The van der Waals surface area contributed by atoms with Crippen LogP contribution in [0.3, 0.4) is 0 Å². The van der Waals surface area contributed by atoms with Crippen LogP contribution in [-0.2, 0) is 16.1 Å². The predicted molar refractivity (Wildman–Crippen MR) is 127 cm³/mol. The van der Waals surface area contributed by atoms with Crippen LogP contribution in [0, 0.1) is 5.92 Å². The minimum Gasteiger partial charge on any atom is -0.489 e. The van der Waals surface area contributed by atoms with Crippen molar-refractivity contribution < 1.29 is 19.1 Å². The van der Waals surface area contributed by atoms with Crippen molar-refractivity contribution in [2.45, 2.75) is 38.8 Å². The molecule has 2 amide bonds. The molecule has 2 atom stereocenters. The van der Waals surface area contributed by atoms with E-state index in [1.54, 1.807) is 0 Å². The Kier molecular flexibility index (Phi) is 7.08. The van der Waals surface area contributed by atoms with E-state index in [4.69, 9.17) is 9.47 Å². The van der Waals surface area contributed by atoms with Gasteiger partial charge in [0.15, 0.2) is 0 Å². The van der Waals surface area contributed by atoms with Crippen molar-refractivity contribution in [3.05, 3.63) is 102 Å².